The van der Waals surface area contributed by atoms with E-state index in [1.54, 1.807) is 24.3 Å². The molecule has 0 fully saturated rings. The first-order chi connectivity index (χ1) is 8.19. The molecular weight excluding hydrogens is 260 g/mol. The predicted molar refractivity (Wildman–Crippen MR) is 65.8 cm³/mol. The van der Waals surface area contributed by atoms with Gasteiger partial charge in [0.25, 0.3) is 0 Å². The highest BCUT2D eigenvalue weighted by Gasteiger charge is 2.07. The molecule has 0 bridgehead atoms. The molecule has 2 rings (SSSR count). The molecule has 0 atom stereocenters. The van der Waals surface area contributed by atoms with E-state index in [1.807, 2.05) is 0 Å². The van der Waals surface area contributed by atoms with Crippen LogP contribution < -0.4 is 4.74 Å². The molecule has 6 heteroatoms. The summed E-state index contributed by atoms with van der Waals surface area (Å²) in [6.07, 6.45) is 1.50. The maximum Gasteiger partial charge on any atom is 0.317 e. The molecule has 0 amide bonds. The Labute approximate surface area is 108 Å². The Hall–Kier alpha value is -1.46. The van der Waals surface area contributed by atoms with Crippen LogP contribution in [-0.4, -0.2) is 22.2 Å². The average molecular weight is 269 g/mol. The Bertz CT molecular complexity index is 519. The maximum absolute atomic E-state index is 9.18. The summed E-state index contributed by atoms with van der Waals surface area (Å²) in [7, 11) is 1.50. The fraction of sp³-hybridized carbons (Fsp3) is 0.0909. The van der Waals surface area contributed by atoms with Crippen molar-refractivity contribution in [3.8, 4) is 11.8 Å². The molecule has 1 aromatic heterocycles. The van der Waals surface area contributed by atoms with Crippen molar-refractivity contribution in [3.63, 3.8) is 0 Å². The van der Waals surface area contributed by atoms with Crippen molar-refractivity contribution in [2.45, 2.75) is 9.92 Å². The van der Waals surface area contributed by atoms with Crippen molar-refractivity contribution in [1.29, 1.82) is 0 Å². The van der Waals surface area contributed by atoms with E-state index in [9.17, 15) is 5.11 Å². The largest absolute Gasteiger partial charge is 0.508 e. The van der Waals surface area contributed by atoms with Gasteiger partial charge < -0.3 is 9.84 Å². The Kier molecular flexibility index (Phi) is 3.71. The van der Waals surface area contributed by atoms with Gasteiger partial charge in [0.15, 0.2) is 0 Å². The molecule has 0 radical (unpaired) electrons. The van der Waals surface area contributed by atoms with Crippen LogP contribution in [0.5, 0.6) is 11.8 Å². The molecule has 0 saturated heterocycles. The van der Waals surface area contributed by atoms with Gasteiger partial charge in [0.1, 0.15) is 10.8 Å². The molecule has 1 heterocycles. The summed E-state index contributed by atoms with van der Waals surface area (Å²) >= 11 is 7.36. The Morgan fingerprint density at radius 2 is 2.00 bits per heavy atom. The molecule has 0 saturated carbocycles. The highest BCUT2D eigenvalue weighted by molar-refractivity contribution is 7.99. The van der Waals surface area contributed by atoms with E-state index < -0.39 is 0 Å². The van der Waals surface area contributed by atoms with Gasteiger partial charge in [-0.05, 0) is 24.3 Å². The molecule has 1 N–H and O–H groups in total. The number of methoxy groups -OCH3 is 1. The van der Waals surface area contributed by atoms with Crippen LogP contribution in [0.25, 0.3) is 0 Å². The first kappa shape index (κ1) is 12.0. The van der Waals surface area contributed by atoms with E-state index in [-0.39, 0.29) is 11.8 Å². The average Bonchev–Trinajstić information content (AvgIpc) is 2.35. The fourth-order valence-corrected chi connectivity index (χ4v) is 2.11. The van der Waals surface area contributed by atoms with E-state index in [0.29, 0.717) is 10.0 Å². The number of phenolic OH excluding ortho intramolecular Hbond substituents is 1. The number of ether oxygens (including phenoxy) is 1. The van der Waals surface area contributed by atoms with Crippen LogP contribution >= 0.6 is 23.4 Å². The van der Waals surface area contributed by atoms with Crippen LogP contribution in [0.1, 0.15) is 0 Å². The summed E-state index contributed by atoms with van der Waals surface area (Å²) in [6.45, 7) is 0. The van der Waals surface area contributed by atoms with Crippen molar-refractivity contribution in [2.75, 3.05) is 7.11 Å². The molecule has 0 spiro atoms. The van der Waals surface area contributed by atoms with Crippen molar-refractivity contribution in [3.05, 3.63) is 35.5 Å². The molecule has 88 valence electrons. The minimum absolute atomic E-state index is 0.223. The zero-order chi connectivity index (χ0) is 12.3. The summed E-state index contributed by atoms with van der Waals surface area (Å²) < 4.78 is 4.93. The number of aromatic hydroxyl groups is 1. The van der Waals surface area contributed by atoms with E-state index in [1.165, 1.54) is 25.1 Å². The zero-order valence-corrected chi connectivity index (χ0v) is 10.5. The van der Waals surface area contributed by atoms with Gasteiger partial charge in [-0.25, -0.2) is 4.98 Å². The van der Waals surface area contributed by atoms with Gasteiger partial charge in [0.05, 0.1) is 18.3 Å². The molecule has 4 nitrogen and oxygen atoms in total. The standard InChI is InChI=1S/C11H9ClN2O2S/c1-16-11-13-6-9(12)10(14-11)17-8-4-2-7(15)3-5-8/h2-6,15H,1H3. The van der Waals surface area contributed by atoms with Crippen molar-refractivity contribution >= 4 is 23.4 Å². The molecule has 1 aromatic carbocycles. The van der Waals surface area contributed by atoms with Gasteiger partial charge in [0, 0.05) is 4.90 Å². The summed E-state index contributed by atoms with van der Waals surface area (Å²) in [5.74, 6) is 0.223. The number of hydrogen-bond donors (Lipinski definition) is 1. The van der Waals surface area contributed by atoms with Crippen LogP contribution in [0.3, 0.4) is 0 Å². The monoisotopic (exact) mass is 268 g/mol. The van der Waals surface area contributed by atoms with Gasteiger partial charge >= 0.3 is 6.01 Å². The molecule has 0 aliphatic heterocycles. The minimum atomic E-state index is 0.223. The first-order valence-corrected chi connectivity index (χ1v) is 5.92. The number of halogens is 1. The SMILES string of the molecule is COc1ncc(Cl)c(Sc2ccc(O)cc2)n1. The quantitative estimate of drug-likeness (QED) is 0.868. The van der Waals surface area contributed by atoms with Gasteiger partial charge in [-0.1, -0.05) is 23.4 Å². The topological polar surface area (TPSA) is 55.2 Å². The molecule has 0 aliphatic carbocycles. The second kappa shape index (κ2) is 5.25. The van der Waals surface area contributed by atoms with Crippen molar-refractivity contribution in [1.82, 2.24) is 9.97 Å². The lowest BCUT2D eigenvalue weighted by Gasteiger charge is -2.04. The molecular formula is C11H9ClN2O2S. The number of phenols is 1. The van der Waals surface area contributed by atoms with Crippen LogP contribution in [0.4, 0.5) is 0 Å². The van der Waals surface area contributed by atoms with E-state index in [0.717, 1.165) is 4.90 Å². The highest BCUT2D eigenvalue weighted by atomic mass is 35.5. The third-order valence-electron chi connectivity index (χ3n) is 1.92. The zero-order valence-electron chi connectivity index (χ0n) is 8.92. The Balaban J connectivity index is 2.25. The molecule has 2 aromatic rings. The Morgan fingerprint density at radius 3 is 2.65 bits per heavy atom. The van der Waals surface area contributed by atoms with Gasteiger partial charge in [-0.15, -0.1) is 0 Å². The number of rotatable bonds is 3. The smallest absolute Gasteiger partial charge is 0.317 e. The molecule has 0 aliphatic rings. The van der Waals surface area contributed by atoms with Crippen LogP contribution in [0, 0.1) is 0 Å². The highest BCUT2D eigenvalue weighted by Crippen LogP contribution is 2.32. The van der Waals surface area contributed by atoms with Gasteiger partial charge in [-0.2, -0.15) is 4.98 Å². The normalized spacial score (nSPS) is 10.2. The third-order valence-corrected chi connectivity index (χ3v) is 3.32. The second-order valence-electron chi connectivity index (χ2n) is 3.11. The lowest BCUT2D eigenvalue weighted by molar-refractivity contribution is 0.376. The van der Waals surface area contributed by atoms with E-state index >= 15 is 0 Å². The molecule has 0 unspecified atom stereocenters. The first-order valence-electron chi connectivity index (χ1n) is 4.72. The lowest BCUT2D eigenvalue weighted by Crippen LogP contribution is -1.93. The van der Waals surface area contributed by atoms with E-state index in [4.69, 9.17) is 16.3 Å². The van der Waals surface area contributed by atoms with Gasteiger partial charge in [-0.3, -0.25) is 0 Å². The Morgan fingerprint density at radius 1 is 1.29 bits per heavy atom. The van der Waals surface area contributed by atoms with Crippen molar-refractivity contribution < 1.29 is 9.84 Å². The van der Waals surface area contributed by atoms with Crippen molar-refractivity contribution in [2.24, 2.45) is 0 Å². The summed E-state index contributed by atoms with van der Waals surface area (Å²) in [5.41, 5.74) is 0. The summed E-state index contributed by atoms with van der Waals surface area (Å²) in [5, 5.41) is 10.3. The minimum Gasteiger partial charge on any atom is -0.508 e. The number of nitrogens with zero attached hydrogens (tertiary/aromatic N) is 2. The third kappa shape index (κ3) is 3.01. The van der Waals surface area contributed by atoms with Crippen LogP contribution in [0.2, 0.25) is 5.02 Å². The lowest BCUT2D eigenvalue weighted by atomic mass is 10.3. The number of aromatic nitrogens is 2. The maximum atomic E-state index is 9.18. The number of hydrogen-bond acceptors (Lipinski definition) is 5. The number of benzene rings is 1. The van der Waals surface area contributed by atoms with Crippen LogP contribution in [-0.2, 0) is 0 Å². The summed E-state index contributed by atoms with van der Waals surface area (Å²) in [6, 6.07) is 7.05. The summed E-state index contributed by atoms with van der Waals surface area (Å²) in [4.78, 5) is 8.96. The second-order valence-corrected chi connectivity index (χ2v) is 4.58. The molecule has 17 heavy (non-hydrogen) atoms. The van der Waals surface area contributed by atoms with Crippen LogP contribution in [0.15, 0.2) is 40.4 Å². The predicted octanol–water partition coefficient (Wildman–Crippen LogP) is 3.00. The van der Waals surface area contributed by atoms with E-state index in [2.05, 4.69) is 9.97 Å². The van der Waals surface area contributed by atoms with Gasteiger partial charge in [0.2, 0.25) is 0 Å². The fourth-order valence-electron chi connectivity index (χ4n) is 1.13.